The van der Waals surface area contributed by atoms with Crippen LogP contribution in [0.25, 0.3) is 12.2 Å². The number of phenols is 1. The minimum atomic E-state index is -0.113. The van der Waals surface area contributed by atoms with E-state index in [-0.39, 0.29) is 18.0 Å². The Balaban J connectivity index is 2.49. The first-order valence-electron chi connectivity index (χ1n) is 9.01. The molecule has 0 atom stereocenters. The summed E-state index contributed by atoms with van der Waals surface area (Å²) in [5.41, 5.74) is 2.01. The predicted octanol–water partition coefficient (Wildman–Crippen LogP) is 4.28. The molecule has 0 bridgehead atoms. The molecule has 6 heteroatoms. The number of benzene rings is 2. The maximum absolute atomic E-state index is 12.1. The summed E-state index contributed by atoms with van der Waals surface area (Å²) in [6.07, 6.45) is 6.87. The summed E-state index contributed by atoms with van der Waals surface area (Å²) in [5.74, 6) is 1.74. The highest BCUT2D eigenvalue weighted by Crippen LogP contribution is 2.39. The van der Waals surface area contributed by atoms with E-state index in [1.165, 1.54) is 13.2 Å². The Kier molecular flexibility index (Phi) is 7.71. The fourth-order valence-electron chi connectivity index (χ4n) is 2.94. The van der Waals surface area contributed by atoms with Gasteiger partial charge in [0.25, 0.3) is 0 Å². The van der Waals surface area contributed by atoms with Crippen LogP contribution in [0.4, 0.5) is 0 Å². The molecule has 6 nitrogen and oxygen atoms in total. The monoisotopic (exact) mass is 398 g/mol. The van der Waals surface area contributed by atoms with Crippen LogP contribution in [-0.4, -0.2) is 39.3 Å². The van der Waals surface area contributed by atoms with Crippen molar-refractivity contribution in [3.63, 3.8) is 0 Å². The van der Waals surface area contributed by atoms with Crippen molar-refractivity contribution in [2.24, 2.45) is 0 Å². The molecule has 0 heterocycles. The number of aromatic hydroxyl groups is 1. The Labute approximate surface area is 171 Å². The number of rotatable bonds is 9. The third kappa shape index (κ3) is 5.10. The Morgan fingerprint density at radius 2 is 1.55 bits per heavy atom. The SMILES string of the molecule is C/C=C/C(=O)Cc1c(/C=C\c2cc(OC)c(OC)c(OC)c2)ccc(OC)c1O. The fourth-order valence-corrected chi connectivity index (χ4v) is 2.94. The van der Waals surface area contributed by atoms with Gasteiger partial charge in [0.2, 0.25) is 5.75 Å². The molecule has 0 fully saturated rings. The molecule has 0 amide bonds. The van der Waals surface area contributed by atoms with Crippen LogP contribution in [0.3, 0.4) is 0 Å². The van der Waals surface area contributed by atoms with Crippen molar-refractivity contribution in [1.82, 2.24) is 0 Å². The van der Waals surface area contributed by atoms with E-state index in [2.05, 4.69) is 0 Å². The van der Waals surface area contributed by atoms with Crippen LogP contribution < -0.4 is 18.9 Å². The van der Waals surface area contributed by atoms with Gasteiger partial charge in [0.05, 0.1) is 28.4 Å². The van der Waals surface area contributed by atoms with Gasteiger partial charge in [-0.05, 0) is 42.3 Å². The van der Waals surface area contributed by atoms with Crippen LogP contribution in [0, 0.1) is 0 Å². The standard InChI is InChI=1S/C23H26O6/c1-6-7-17(24)14-18-16(10-11-19(26-2)22(18)25)9-8-15-12-20(27-3)23(29-5)21(13-15)28-4/h6-13,25H,14H2,1-5H3/b7-6+,9-8-. The van der Waals surface area contributed by atoms with Gasteiger partial charge in [-0.2, -0.15) is 0 Å². The lowest BCUT2D eigenvalue weighted by Gasteiger charge is -2.13. The third-order valence-corrected chi connectivity index (χ3v) is 4.35. The molecule has 0 saturated heterocycles. The molecule has 1 N–H and O–H groups in total. The molecule has 29 heavy (non-hydrogen) atoms. The zero-order valence-electron chi connectivity index (χ0n) is 17.3. The minimum Gasteiger partial charge on any atom is -0.504 e. The highest BCUT2D eigenvalue weighted by atomic mass is 16.5. The molecule has 2 aromatic rings. The molecule has 2 aromatic carbocycles. The summed E-state index contributed by atoms with van der Waals surface area (Å²) >= 11 is 0. The van der Waals surface area contributed by atoms with Crippen LogP contribution in [-0.2, 0) is 11.2 Å². The zero-order valence-corrected chi connectivity index (χ0v) is 17.3. The number of hydrogen-bond acceptors (Lipinski definition) is 6. The lowest BCUT2D eigenvalue weighted by Crippen LogP contribution is -2.02. The van der Waals surface area contributed by atoms with E-state index in [0.29, 0.717) is 34.1 Å². The Morgan fingerprint density at radius 3 is 2.07 bits per heavy atom. The van der Waals surface area contributed by atoms with E-state index in [1.807, 2.05) is 24.3 Å². The van der Waals surface area contributed by atoms with Gasteiger partial charge in [-0.3, -0.25) is 4.79 Å². The molecule has 0 saturated carbocycles. The van der Waals surface area contributed by atoms with Gasteiger partial charge >= 0.3 is 0 Å². The summed E-state index contributed by atoms with van der Waals surface area (Å²) in [6.45, 7) is 1.77. The maximum atomic E-state index is 12.1. The second-order valence-electron chi connectivity index (χ2n) is 6.12. The van der Waals surface area contributed by atoms with Gasteiger partial charge in [-0.25, -0.2) is 0 Å². The molecular weight excluding hydrogens is 372 g/mol. The second-order valence-corrected chi connectivity index (χ2v) is 6.12. The van der Waals surface area contributed by atoms with Crippen LogP contribution in [0.15, 0.2) is 36.4 Å². The van der Waals surface area contributed by atoms with Crippen molar-refractivity contribution in [2.75, 3.05) is 28.4 Å². The Hall–Kier alpha value is -3.41. The number of ether oxygens (including phenoxy) is 4. The Morgan fingerprint density at radius 1 is 0.931 bits per heavy atom. The molecule has 154 valence electrons. The number of carbonyl (C=O) groups is 1. The van der Waals surface area contributed by atoms with Crippen LogP contribution in [0.2, 0.25) is 0 Å². The topological polar surface area (TPSA) is 74.2 Å². The Bertz CT molecular complexity index is 902. The summed E-state index contributed by atoms with van der Waals surface area (Å²) in [5, 5.41) is 10.5. The van der Waals surface area contributed by atoms with E-state index in [1.54, 1.807) is 46.5 Å². The number of ketones is 1. The normalized spacial score (nSPS) is 11.1. The van der Waals surface area contributed by atoms with Crippen LogP contribution in [0.5, 0.6) is 28.7 Å². The van der Waals surface area contributed by atoms with Gasteiger partial charge in [0.1, 0.15) is 0 Å². The van der Waals surface area contributed by atoms with E-state index < -0.39 is 0 Å². The average molecular weight is 398 g/mol. The molecule has 0 unspecified atom stereocenters. The summed E-state index contributed by atoms with van der Waals surface area (Å²) < 4.78 is 21.3. The molecule has 0 radical (unpaired) electrons. The quantitative estimate of drug-likeness (QED) is 0.502. The van der Waals surface area contributed by atoms with Gasteiger partial charge in [0, 0.05) is 12.0 Å². The van der Waals surface area contributed by atoms with Crippen molar-refractivity contribution < 1.29 is 28.8 Å². The number of hydrogen-bond donors (Lipinski definition) is 1. The molecule has 0 aliphatic heterocycles. The van der Waals surface area contributed by atoms with Crippen LogP contribution in [0.1, 0.15) is 23.6 Å². The van der Waals surface area contributed by atoms with Crippen LogP contribution >= 0.6 is 0 Å². The molecule has 0 aromatic heterocycles. The first-order valence-corrected chi connectivity index (χ1v) is 9.01. The van der Waals surface area contributed by atoms with Gasteiger partial charge in [-0.1, -0.05) is 24.3 Å². The lowest BCUT2D eigenvalue weighted by molar-refractivity contribution is -0.114. The van der Waals surface area contributed by atoms with Crippen molar-refractivity contribution in [3.05, 3.63) is 53.1 Å². The maximum Gasteiger partial charge on any atom is 0.203 e. The summed E-state index contributed by atoms with van der Waals surface area (Å²) in [6, 6.07) is 7.08. The number of phenolic OH excluding ortho intramolecular Hbond substituents is 1. The minimum absolute atomic E-state index is 0.0441. The predicted molar refractivity (Wildman–Crippen MR) is 113 cm³/mol. The summed E-state index contributed by atoms with van der Waals surface area (Å²) in [7, 11) is 6.12. The van der Waals surface area contributed by atoms with Gasteiger partial charge in [0.15, 0.2) is 28.8 Å². The van der Waals surface area contributed by atoms with Crippen molar-refractivity contribution in [3.8, 4) is 28.7 Å². The van der Waals surface area contributed by atoms with E-state index in [0.717, 1.165) is 5.56 Å². The lowest BCUT2D eigenvalue weighted by atomic mass is 9.99. The molecule has 0 aliphatic carbocycles. The molecule has 0 aliphatic rings. The molecule has 0 spiro atoms. The van der Waals surface area contributed by atoms with Gasteiger partial charge < -0.3 is 24.1 Å². The number of methoxy groups -OCH3 is 4. The third-order valence-electron chi connectivity index (χ3n) is 4.35. The van der Waals surface area contributed by atoms with E-state index >= 15 is 0 Å². The number of carbonyl (C=O) groups excluding carboxylic acids is 1. The smallest absolute Gasteiger partial charge is 0.203 e. The average Bonchev–Trinajstić information content (AvgIpc) is 2.73. The fraction of sp³-hybridized carbons (Fsp3) is 0.261. The molecule has 2 rings (SSSR count). The van der Waals surface area contributed by atoms with E-state index in [9.17, 15) is 9.90 Å². The zero-order chi connectivity index (χ0) is 21.4. The van der Waals surface area contributed by atoms with Crippen molar-refractivity contribution >= 4 is 17.9 Å². The van der Waals surface area contributed by atoms with E-state index in [4.69, 9.17) is 18.9 Å². The van der Waals surface area contributed by atoms with Gasteiger partial charge in [-0.15, -0.1) is 0 Å². The molecular formula is C23H26O6. The number of allylic oxidation sites excluding steroid dienone is 2. The highest BCUT2D eigenvalue weighted by Gasteiger charge is 2.15. The largest absolute Gasteiger partial charge is 0.504 e. The first kappa shape index (κ1) is 21.9. The van der Waals surface area contributed by atoms with Crippen molar-refractivity contribution in [2.45, 2.75) is 13.3 Å². The highest BCUT2D eigenvalue weighted by molar-refractivity contribution is 5.93. The first-order chi connectivity index (χ1) is 14.0. The second kappa shape index (κ2) is 10.2. The summed E-state index contributed by atoms with van der Waals surface area (Å²) in [4.78, 5) is 12.1. The van der Waals surface area contributed by atoms with Crippen molar-refractivity contribution in [1.29, 1.82) is 0 Å².